The number of hydrogen-bond donors (Lipinski definition) is 0. The summed E-state index contributed by atoms with van der Waals surface area (Å²) in [5.74, 6) is 0.899. The SMILES string of the molecule is CCc1nn(C)c(CN(C)CC2CCCCC2)c1Br. The lowest BCUT2D eigenvalue weighted by atomic mass is 9.89. The molecule has 2 rings (SSSR count). The summed E-state index contributed by atoms with van der Waals surface area (Å²) in [5, 5.41) is 4.57. The Morgan fingerprint density at radius 2 is 2.00 bits per heavy atom. The highest BCUT2D eigenvalue weighted by Crippen LogP contribution is 2.26. The monoisotopic (exact) mass is 327 g/mol. The molecule has 0 radical (unpaired) electrons. The number of aromatic nitrogens is 2. The maximum absolute atomic E-state index is 4.57. The highest BCUT2D eigenvalue weighted by molar-refractivity contribution is 9.10. The van der Waals surface area contributed by atoms with Crippen LogP contribution in [-0.4, -0.2) is 28.3 Å². The third-order valence-electron chi connectivity index (χ3n) is 4.22. The zero-order chi connectivity index (χ0) is 13.8. The zero-order valence-electron chi connectivity index (χ0n) is 12.5. The molecule has 1 fully saturated rings. The third-order valence-corrected chi connectivity index (χ3v) is 5.13. The van der Waals surface area contributed by atoms with Crippen LogP contribution >= 0.6 is 15.9 Å². The Kier molecular flexibility index (Phi) is 5.46. The van der Waals surface area contributed by atoms with Crippen molar-refractivity contribution < 1.29 is 0 Å². The molecule has 1 heterocycles. The average molecular weight is 328 g/mol. The van der Waals surface area contributed by atoms with E-state index in [1.807, 2.05) is 11.7 Å². The van der Waals surface area contributed by atoms with E-state index in [1.165, 1.54) is 54.5 Å². The molecule has 0 aliphatic heterocycles. The van der Waals surface area contributed by atoms with Gasteiger partial charge in [0, 0.05) is 20.1 Å². The number of nitrogens with zero attached hydrogens (tertiary/aromatic N) is 3. The molecule has 0 spiro atoms. The predicted molar refractivity (Wildman–Crippen MR) is 83.2 cm³/mol. The molecule has 0 aromatic carbocycles. The van der Waals surface area contributed by atoms with Crippen molar-refractivity contribution >= 4 is 15.9 Å². The molecule has 1 aromatic rings. The van der Waals surface area contributed by atoms with Gasteiger partial charge in [0.1, 0.15) is 0 Å². The van der Waals surface area contributed by atoms with Gasteiger partial charge in [-0.25, -0.2) is 0 Å². The summed E-state index contributed by atoms with van der Waals surface area (Å²) < 4.78 is 3.23. The molecule has 0 unspecified atom stereocenters. The summed E-state index contributed by atoms with van der Waals surface area (Å²) in [6.07, 6.45) is 8.10. The van der Waals surface area contributed by atoms with E-state index in [1.54, 1.807) is 0 Å². The van der Waals surface area contributed by atoms with Crippen molar-refractivity contribution in [3.63, 3.8) is 0 Å². The molecule has 1 aliphatic carbocycles. The van der Waals surface area contributed by atoms with Crippen LogP contribution < -0.4 is 0 Å². The molecule has 19 heavy (non-hydrogen) atoms. The first-order valence-electron chi connectivity index (χ1n) is 7.50. The fourth-order valence-corrected chi connectivity index (χ4v) is 3.86. The van der Waals surface area contributed by atoms with Gasteiger partial charge in [0.2, 0.25) is 0 Å². The maximum atomic E-state index is 4.57. The van der Waals surface area contributed by atoms with E-state index in [9.17, 15) is 0 Å². The molecule has 0 atom stereocenters. The zero-order valence-corrected chi connectivity index (χ0v) is 14.0. The lowest BCUT2D eigenvalue weighted by Gasteiger charge is -2.27. The summed E-state index contributed by atoms with van der Waals surface area (Å²) in [7, 11) is 4.29. The Bertz CT molecular complexity index is 408. The lowest BCUT2D eigenvalue weighted by molar-refractivity contribution is 0.224. The lowest BCUT2D eigenvalue weighted by Crippen LogP contribution is -2.27. The minimum absolute atomic E-state index is 0.899. The summed E-state index contributed by atoms with van der Waals surface area (Å²) in [4.78, 5) is 2.46. The Morgan fingerprint density at radius 3 is 2.58 bits per heavy atom. The molecule has 0 amide bonds. The van der Waals surface area contributed by atoms with Gasteiger partial charge in [-0.3, -0.25) is 4.68 Å². The number of halogens is 1. The Hall–Kier alpha value is -0.350. The van der Waals surface area contributed by atoms with Crippen LogP contribution in [0.5, 0.6) is 0 Å². The van der Waals surface area contributed by atoms with Gasteiger partial charge in [-0.1, -0.05) is 26.2 Å². The highest BCUT2D eigenvalue weighted by atomic mass is 79.9. The van der Waals surface area contributed by atoms with Crippen LogP contribution in [0.25, 0.3) is 0 Å². The molecule has 108 valence electrons. The summed E-state index contributed by atoms with van der Waals surface area (Å²) in [6, 6.07) is 0. The first-order chi connectivity index (χ1) is 9.11. The molecule has 3 nitrogen and oxygen atoms in total. The van der Waals surface area contributed by atoms with Gasteiger partial charge in [-0.2, -0.15) is 5.10 Å². The molecule has 1 aromatic heterocycles. The van der Waals surface area contributed by atoms with Gasteiger partial charge in [-0.15, -0.1) is 0 Å². The molecule has 4 heteroatoms. The quantitative estimate of drug-likeness (QED) is 0.821. The Balaban J connectivity index is 1.94. The fraction of sp³-hybridized carbons (Fsp3) is 0.800. The molecule has 0 N–H and O–H groups in total. The highest BCUT2D eigenvalue weighted by Gasteiger charge is 2.18. The van der Waals surface area contributed by atoms with Crippen molar-refractivity contribution in [3.8, 4) is 0 Å². The van der Waals surface area contributed by atoms with E-state index >= 15 is 0 Å². The Labute approximate surface area is 125 Å². The van der Waals surface area contributed by atoms with Crippen LogP contribution in [-0.2, 0) is 20.0 Å². The molecule has 1 aliphatic rings. The normalized spacial score (nSPS) is 17.3. The smallest absolute Gasteiger partial charge is 0.0767 e. The molecule has 1 saturated carbocycles. The largest absolute Gasteiger partial charge is 0.300 e. The second-order valence-electron chi connectivity index (χ2n) is 5.89. The molecular weight excluding hydrogens is 302 g/mol. The molecule has 0 saturated heterocycles. The fourth-order valence-electron chi connectivity index (χ4n) is 3.12. The second kappa shape index (κ2) is 6.89. The summed E-state index contributed by atoms with van der Waals surface area (Å²) in [6.45, 7) is 4.36. The summed E-state index contributed by atoms with van der Waals surface area (Å²) >= 11 is 3.71. The molecule has 0 bridgehead atoms. The van der Waals surface area contributed by atoms with Crippen LogP contribution in [0.15, 0.2) is 4.47 Å². The predicted octanol–water partition coefficient (Wildman–Crippen LogP) is 3.76. The topological polar surface area (TPSA) is 21.1 Å². The van der Waals surface area contributed by atoms with Crippen LogP contribution in [0.1, 0.15) is 50.4 Å². The van der Waals surface area contributed by atoms with Crippen molar-refractivity contribution in [2.45, 2.75) is 52.0 Å². The van der Waals surface area contributed by atoms with E-state index in [4.69, 9.17) is 0 Å². The van der Waals surface area contributed by atoms with Crippen LogP contribution in [0, 0.1) is 5.92 Å². The van der Waals surface area contributed by atoms with Crippen molar-refractivity contribution in [1.82, 2.24) is 14.7 Å². The van der Waals surface area contributed by atoms with Gasteiger partial charge in [0.25, 0.3) is 0 Å². The number of rotatable bonds is 5. The van der Waals surface area contributed by atoms with Crippen LogP contribution in [0.4, 0.5) is 0 Å². The van der Waals surface area contributed by atoms with E-state index in [-0.39, 0.29) is 0 Å². The van der Waals surface area contributed by atoms with Gasteiger partial charge >= 0.3 is 0 Å². The second-order valence-corrected chi connectivity index (χ2v) is 6.68. The standard InChI is InChI=1S/C15H26BrN3/c1-4-13-15(16)14(19(3)17-13)11-18(2)10-12-8-6-5-7-9-12/h12H,4-11H2,1-3H3. The van der Waals surface area contributed by atoms with Crippen molar-refractivity contribution in [3.05, 3.63) is 15.9 Å². The van der Waals surface area contributed by atoms with Crippen molar-refractivity contribution in [2.24, 2.45) is 13.0 Å². The maximum Gasteiger partial charge on any atom is 0.0767 e. The first-order valence-corrected chi connectivity index (χ1v) is 8.30. The number of hydrogen-bond acceptors (Lipinski definition) is 2. The van der Waals surface area contributed by atoms with E-state index in [2.05, 4.69) is 39.9 Å². The third kappa shape index (κ3) is 3.82. The molecular formula is C15H26BrN3. The van der Waals surface area contributed by atoms with Gasteiger partial charge in [0.15, 0.2) is 0 Å². The van der Waals surface area contributed by atoms with E-state index in [0.29, 0.717) is 0 Å². The van der Waals surface area contributed by atoms with Gasteiger partial charge in [0.05, 0.1) is 15.9 Å². The minimum Gasteiger partial charge on any atom is -0.300 e. The average Bonchev–Trinajstić information content (AvgIpc) is 2.67. The Morgan fingerprint density at radius 1 is 1.32 bits per heavy atom. The van der Waals surface area contributed by atoms with E-state index in [0.717, 1.165) is 18.9 Å². The first kappa shape index (κ1) is 15.0. The van der Waals surface area contributed by atoms with Crippen molar-refractivity contribution in [1.29, 1.82) is 0 Å². The van der Waals surface area contributed by atoms with Crippen LogP contribution in [0.2, 0.25) is 0 Å². The summed E-state index contributed by atoms with van der Waals surface area (Å²) in [5.41, 5.74) is 2.47. The number of aryl methyl sites for hydroxylation is 2. The van der Waals surface area contributed by atoms with Crippen LogP contribution in [0.3, 0.4) is 0 Å². The van der Waals surface area contributed by atoms with Gasteiger partial charge < -0.3 is 4.90 Å². The van der Waals surface area contributed by atoms with Crippen molar-refractivity contribution in [2.75, 3.05) is 13.6 Å². The van der Waals surface area contributed by atoms with E-state index < -0.39 is 0 Å². The minimum atomic E-state index is 0.899. The van der Waals surface area contributed by atoms with Gasteiger partial charge in [-0.05, 0) is 48.2 Å².